The number of aliphatic hydroxyl groups excluding tert-OH is 1. The number of hydrogen-bond donors (Lipinski definition) is 1. The number of aliphatic hydroxyl groups is 1. The van der Waals surface area contributed by atoms with Crippen LogP contribution in [0.15, 0.2) is 24.3 Å². The van der Waals surface area contributed by atoms with Crippen molar-refractivity contribution in [1.29, 1.82) is 0 Å². The van der Waals surface area contributed by atoms with Crippen molar-refractivity contribution < 1.29 is 14.3 Å². The molecule has 1 N–H and O–H groups in total. The molecular weight excluding hydrogens is 307 g/mol. The van der Waals surface area contributed by atoms with E-state index in [1.807, 2.05) is 25.7 Å². The lowest BCUT2D eigenvalue weighted by atomic mass is 9.87. The number of likely N-dealkylation sites (tertiary alicyclic amines) is 1. The smallest absolute Gasteiger partial charge is 0.239 e. The molecular formula is C19H29FN2O2. The zero-order chi connectivity index (χ0) is 17.7. The lowest BCUT2D eigenvalue weighted by Gasteiger charge is -2.38. The van der Waals surface area contributed by atoms with Gasteiger partial charge in [-0.3, -0.25) is 9.69 Å². The average Bonchev–Trinajstić information content (AvgIpc) is 2.62. The maximum Gasteiger partial charge on any atom is 0.239 e. The first-order valence-corrected chi connectivity index (χ1v) is 8.94. The van der Waals surface area contributed by atoms with E-state index in [2.05, 4.69) is 4.90 Å². The zero-order valence-corrected chi connectivity index (χ0v) is 14.9. The fourth-order valence-electron chi connectivity index (χ4n) is 3.51. The van der Waals surface area contributed by atoms with Crippen LogP contribution in [0.1, 0.15) is 45.3 Å². The van der Waals surface area contributed by atoms with Crippen molar-refractivity contribution in [3.63, 3.8) is 0 Å². The fourth-order valence-corrected chi connectivity index (χ4v) is 3.51. The number of amides is 1. The van der Waals surface area contributed by atoms with E-state index in [0.29, 0.717) is 0 Å². The Morgan fingerprint density at radius 2 is 1.79 bits per heavy atom. The molecule has 1 aromatic rings. The highest BCUT2D eigenvalue weighted by Gasteiger charge is 2.31. The molecule has 2 unspecified atom stereocenters. The summed E-state index contributed by atoms with van der Waals surface area (Å²) in [6, 6.07) is 5.96. The first-order valence-electron chi connectivity index (χ1n) is 8.94. The summed E-state index contributed by atoms with van der Waals surface area (Å²) >= 11 is 0. The van der Waals surface area contributed by atoms with E-state index in [9.17, 15) is 14.3 Å². The van der Waals surface area contributed by atoms with Crippen LogP contribution in [0.25, 0.3) is 0 Å². The highest BCUT2D eigenvalue weighted by molar-refractivity contribution is 5.81. The molecule has 0 spiro atoms. The first kappa shape index (κ1) is 18.9. The molecule has 1 aromatic carbocycles. The molecule has 0 aliphatic carbocycles. The summed E-state index contributed by atoms with van der Waals surface area (Å²) in [4.78, 5) is 16.5. The molecule has 0 saturated carbocycles. The number of hydrogen-bond acceptors (Lipinski definition) is 3. The van der Waals surface area contributed by atoms with E-state index in [4.69, 9.17) is 0 Å². The molecule has 1 aliphatic rings. The lowest BCUT2D eigenvalue weighted by Crippen LogP contribution is -2.50. The van der Waals surface area contributed by atoms with E-state index < -0.39 is 6.10 Å². The second kappa shape index (κ2) is 8.58. The highest BCUT2D eigenvalue weighted by Crippen LogP contribution is 2.31. The third kappa shape index (κ3) is 4.33. The molecule has 2 rings (SSSR count). The lowest BCUT2D eigenvalue weighted by molar-refractivity contribution is -0.136. The molecule has 5 heteroatoms. The predicted octanol–water partition coefficient (Wildman–Crippen LogP) is 2.83. The van der Waals surface area contributed by atoms with Crippen LogP contribution in [0.5, 0.6) is 0 Å². The second-order valence-corrected chi connectivity index (χ2v) is 6.56. The quantitative estimate of drug-likeness (QED) is 0.869. The third-order valence-electron chi connectivity index (χ3n) is 5.21. The Balaban J connectivity index is 1.90. The van der Waals surface area contributed by atoms with Crippen LogP contribution in [0, 0.1) is 11.7 Å². The Bertz CT molecular complexity index is 523. The van der Waals surface area contributed by atoms with Crippen LogP contribution < -0.4 is 0 Å². The molecule has 2 atom stereocenters. The number of nitrogens with zero attached hydrogens (tertiary/aromatic N) is 2. The van der Waals surface area contributed by atoms with E-state index in [1.54, 1.807) is 12.1 Å². The third-order valence-corrected chi connectivity index (χ3v) is 5.21. The summed E-state index contributed by atoms with van der Waals surface area (Å²) in [6.07, 6.45) is 1.12. The van der Waals surface area contributed by atoms with Crippen LogP contribution in [0.3, 0.4) is 0 Å². The van der Waals surface area contributed by atoms with E-state index in [1.165, 1.54) is 12.1 Å². The molecule has 1 saturated heterocycles. The second-order valence-electron chi connectivity index (χ2n) is 6.56. The van der Waals surface area contributed by atoms with Crippen molar-refractivity contribution in [2.45, 2.75) is 45.8 Å². The molecule has 1 amide bonds. The summed E-state index contributed by atoms with van der Waals surface area (Å²) in [7, 11) is 0. The SMILES string of the molecule is CCN(CC)C(=O)C(C)N1CCC(C(O)c2ccc(F)cc2)CC1. The molecule has 1 heterocycles. The van der Waals surface area contributed by atoms with Gasteiger partial charge in [0.15, 0.2) is 0 Å². The van der Waals surface area contributed by atoms with Crippen LogP contribution >= 0.6 is 0 Å². The summed E-state index contributed by atoms with van der Waals surface area (Å²) in [5.41, 5.74) is 0.766. The minimum atomic E-state index is -0.568. The number of piperidine rings is 1. The summed E-state index contributed by atoms with van der Waals surface area (Å²) < 4.78 is 13.0. The van der Waals surface area contributed by atoms with Gasteiger partial charge in [-0.05, 0) is 70.3 Å². The van der Waals surface area contributed by atoms with Crippen molar-refractivity contribution in [1.82, 2.24) is 9.80 Å². The zero-order valence-electron chi connectivity index (χ0n) is 14.9. The van der Waals surface area contributed by atoms with E-state index in [-0.39, 0.29) is 23.7 Å². The van der Waals surface area contributed by atoms with Gasteiger partial charge in [-0.1, -0.05) is 12.1 Å². The van der Waals surface area contributed by atoms with Crippen LogP contribution in [0.4, 0.5) is 4.39 Å². The van der Waals surface area contributed by atoms with Crippen LogP contribution in [-0.2, 0) is 4.79 Å². The average molecular weight is 336 g/mol. The van der Waals surface area contributed by atoms with Gasteiger partial charge in [0.1, 0.15) is 5.82 Å². The van der Waals surface area contributed by atoms with Crippen LogP contribution in [0.2, 0.25) is 0 Å². The topological polar surface area (TPSA) is 43.8 Å². The summed E-state index contributed by atoms with van der Waals surface area (Å²) in [5, 5.41) is 10.5. The number of carbonyl (C=O) groups is 1. The van der Waals surface area contributed by atoms with Gasteiger partial charge in [-0.2, -0.15) is 0 Å². The predicted molar refractivity (Wildman–Crippen MR) is 93.0 cm³/mol. The number of likely N-dealkylation sites (N-methyl/N-ethyl adjacent to an activating group) is 1. The van der Waals surface area contributed by atoms with Gasteiger partial charge in [0, 0.05) is 13.1 Å². The van der Waals surface area contributed by atoms with Crippen molar-refractivity contribution in [3.8, 4) is 0 Å². The van der Waals surface area contributed by atoms with Gasteiger partial charge >= 0.3 is 0 Å². The molecule has 0 bridgehead atoms. The molecule has 1 fully saturated rings. The highest BCUT2D eigenvalue weighted by atomic mass is 19.1. The van der Waals surface area contributed by atoms with Gasteiger partial charge in [0.25, 0.3) is 0 Å². The molecule has 1 aliphatic heterocycles. The molecule has 0 aromatic heterocycles. The van der Waals surface area contributed by atoms with Gasteiger partial charge in [-0.15, -0.1) is 0 Å². The Morgan fingerprint density at radius 1 is 1.25 bits per heavy atom. The number of halogens is 1. The Labute approximate surface area is 144 Å². The van der Waals surface area contributed by atoms with E-state index >= 15 is 0 Å². The van der Waals surface area contributed by atoms with Gasteiger partial charge in [-0.25, -0.2) is 4.39 Å². The first-order chi connectivity index (χ1) is 11.5. The molecule has 24 heavy (non-hydrogen) atoms. The maximum atomic E-state index is 13.0. The van der Waals surface area contributed by atoms with Gasteiger partial charge < -0.3 is 10.0 Å². The fraction of sp³-hybridized carbons (Fsp3) is 0.632. The largest absolute Gasteiger partial charge is 0.388 e. The Morgan fingerprint density at radius 3 is 2.29 bits per heavy atom. The van der Waals surface area contributed by atoms with Crippen molar-refractivity contribution in [2.75, 3.05) is 26.2 Å². The number of benzene rings is 1. The normalized spacial score (nSPS) is 19.0. The monoisotopic (exact) mass is 336 g/mol. The van der Waals surface area contributed by atoms with Crippen molar-refractivity contribution >= 4 is 5.91 Å². The maximum absolute atomic E-state index is 13.0. The van der Waals surface area contributed by atoms with Crippen LogP contribution in [-0.4, -0.2) is 53.0 Å². The molecule has 0 radical (unpaired) electrons. The van der Waals surface area contributed by atoms with Crippen molar-refractivity contribution in [2.24, 2.45) is 5.92 Å². The standard InChI is InChI=1S/C19H29FN2O2/c1-4-21(5-2)19(24)14(3)22-12-10-16(11-13-22)18(23)15-6-8-17(20)9-7-15/h6-9,14,16,18,23H,4-5,10-13H2,1-3H3. The summed E-state index contributed by atoms with van der Waals surface area (Å²) in [6.45, 7) is 9.04. The van der Waals surface area contributed by atoms with Gasteiger partial charge in [0.05, 0.1) is 12.1 Å². The summed E-state index contributed by atoms with van der Waals surface area (Å²) in [5.74, 6) is 0.0458. The minimum Gasteiger partial charge on any atom is -0.388 e. The Kier molecular flexibility index (Phi) is 6.75. The van der Waals surface area contributed by atoms with Crippen molar-refractivity contribution in [3.05, 3.63) is 35.6 Å². The molecule has 134 valence electrons. The van der Waals surface area contributed by atoms with Gasteiger partial charge in [0.2, 0.25) is 5.91 Å². The van der Waals surface area contributed by atoms with E-state index in [0.717, 1.165) is 44.6 Å². The minimum absolute atomic E-state index is 0.117. The Hall–Kier alpha value is -1.46. The number of rotatable bonds is 6. The molecule has 4 nitrogen and oxygen atoms in total. The number of carbonyl (C=O) groups excluding carboxylic acids is 1.